The van der Waals surface area contributed by atoms with Crippen molar-refractivity contribution >= 4 is 10.5 Å². The van der Waals surface area contributed by atoms with Crippen molar-refractivity contribution in [3.05, 3.63) is 24.3 Å². The molecule has 0 unspecified atom stereocenters. The number of allylic oxidation sites excluding steroid dienone is 2. The minimum absolute atomic E-state index is 0. The van der Waals surface area contributed by atoms with Gasteiger partial charge < -0.3 is 5.48 Å². The number of carbonyl (C=O) groups is 1. The van der Waals surface area contributed by atoms with E-state index in [9.17, 15) is 4.79 Å². The first kappa shape index (κ1) is 13.8. The molecule has 0 aromatic carbocycles. The summed E-state index contributed by atoms with van der Waals surface area (Å²) in [4.78, 5) is 10.9. The fourth-order valence-electron chi connectivity index (χ4n) is 0.518. The van der Waals surface area contributed by atoms with Crippen LogP contribution in [0.25, 0.3) is 0 Å². The first-order chi connectivity index (χ1) is 5.13. The van der Waals surface area contributed by atoms with Crippen molar-refractivity contribution < 1.29 is 30.0 Å². The molecule has 4 heteroatoms. The second kappa shape index (κ2) is 6.95. The Labute approximate surface area is 79.3 Å². The number of methoxy groups -OCH3 is 1. The van der Waals surface area contributed by atoms with Gasteiger partial charge in [0.1, 0.15) is 0 Å². The quantitative estimate of drug-likeness (QED) is 0.227. The normalized spacial score (nSPS) is 9.83. The Morgan fingerprint density at radius 1 is 1.58 bits per heavy atom. The number of carbonyl (C=O) groups excluding carboxylic acids is 1. The molecule has 0 rings (SSSR count). The monoisotopic (exact) mass is 212 g/mol. The molecule has 0 bridgehead atoms. The second-order valence-electron chi connectivity index (χ2n) is 1.75. The third-order valence-corrected chi connectivity index (χ3v) is 1.29. The summed E-state index contributed by atoms with van der Waals surface area (Å²) in [6.45, 7) is 6.75. The van der Waals surface area contributed by atoms with E-state index in [0.29, 0.717) is 10.1 Å². The Hall–Kier alpha value is -0.726. The molecule has 1 N–H and O–H groups in total. The topological polar surface area (TPSA) is 56.3 Å². The van der Waals surface area contributed by atoms with Gasteiger partial charge in [-0.25, -0.2) is 0 Å². The van der Waals surface area contributed by atoms with E-state index in [-0.39, 0.29) is 5.48 Å². The van der Waals surface area contributed by atoms with E-state index in [4.69, 9.17) is 6.58 Å². The molecule has 3 nitrogen and oxygen atoms in total. The van der Waals surface area contributed by atoms with Crippen LogP contribution < -0.4 is 0 Å². The number of rotatable bonds is 3. The van der Waals surface area contributed by atoms with Crippen LogP contribution in [0.15, 0.2) is 17.7 Å². The van der Waals surface area contributed by atoms with Crippen LogP contribution in [0.5, 0.6) is 0 Å². The third-order valence-electron chi connectivity index (χ3n) is 1.02. The fourth-order valence-corrected chi connectivity index (χ4v) is 0.701. The van der Waals surface area contributed by atoms with Gasteiger partial charge in [-0.1, -0.05) is 0 Å². The predicted molar refractivity (Wildman–Crippen MR) is 41.6 cm³/mol. The summed E-state index contributed by atoms with van der Waals surface area (Å²) in [6, 6.07) is 0. The average Bonchev–Trinajstić information content (AvgIpc) is 1.98. The van der Waals surface area contributed by atoms with Crippen molar-refractivity contribution in [2.45, 2.75) is 6.92 Å². The van der Waals surface area contributed by atoms with Gasteiger partial charge in [-0.3, -0.25) is 0 Å². The van der Waals surface area contributed by atoms with Crippen molar-refractivity contribution in [3.63, 3.8) is 0 Å². The van der Waals surface area contributed by atoms with Crippen LogP contribution in [0.1, 0.15) is 6.92 Å². The van der Waals surface area contributed by atoms with Crippen molar-refractivity contribution in [2.75, 3.05) is 7.11 Å². The first-order valence-electron chi connectivity index (χ1n) is 2.93. The standard InChI is InChI=1S/C8H9O2.Ni.H2O/c1-4-6-7(5-2)8(9)10-3;;/h1,4,6H,2-3H3;;1H2/q-1;;/p-1/b7-6+;;. The number of esters is 1. The average molecular weight is 213 g/mol. The molecule has 0 fully saturated rings. The smallest absolute Gasteiger partial charge is 0.870 e. The summed E-state index contributed by atoms with van der Waals surface area (Å²) in [6.07, 6.45) is 2.69. The molecular formula is C8H10NiO3-2. The Morgan fingerprint density at radius 2 is 2.08 bits per heavy atom. The molecule has 0 saturated carbocycles. The summed E-state index contributed by atoms with van der Waals surface area (Å²) in [7, 11) is 1.30. The van der Waals surface area contributed by atoms with Gasteiger partial charge in [0.2, 0.25) is 0 Å². The summed E-state index contributed by atoms with van der Waals surface area (Å²) in [5.74, 6) is -0.449. The molecule has 0 aliphatic heterocycles. The maximum absolute atomic E-state index is 10.9. The Bertz CT molecular complexity index is 218. The van der Waals surface area contributed by atoms with Gasteiger partial charge in [-0.15, -0.1) is 0 Å². The molecule has 0 atom stereocenters. The summed E-state index contributed by atoms with van der Waals surface area (Å²) < 4.78 is 4.98. The molecule has 12 heavy (non-hydrogen) atoms. The molecule has 0 heterocycles. The maximum Gasteiger partial charge on any atom is -0.870 e. The number of hydrogen-bond donors (Lipinski definition) is 0. The van der Waals surface area contributed by atoms with Crippen molar-refractivity contribution in [1.82, 2.24) is 0 Å². The SMILES string of the molecule is [CH-]=C/C=C(/C(=O)OC)[C](C)=[Ni].[OH-]. The van der Waals surface area contributed by atoms with E-state index in [1.165, 1.54) is 19.3 Å². The minimum atomic E-state index is -0.449. The van der Waals surface area contributed by atoms with Crippen LogP contribution in [0, 0.1) is 6.58 Å². The Kier molecular flexibility index (Phi) is 8.02. The Balaban J connectivity index is 0. The van der Waals surface area contributed by atoms with E-state index < -0.39 is 5.97 Å². The zero-order valence-corrected chi connectivity index (χ0v) is 7.80. The molecule has 0 amide bonds. The Morgan fingerprint density at radius 3 is 2.33 bits per heavy atom. The summed E-state index contributed by atoms with van der Waals surface area (Å²) in [5, 5.41) is 0. The van der Waals surface area contributed by atoms with Gasteiger partial charge in [0.05, 0.1) is 0 Å². The largest absolute Gasteiger partial charge is 0.870 e. The predicted octanol–water partition coefficient (Wildman–Crippen LogP) is 0.637. The molecule has 0 aliphatic rings. The fraction of sp³-hybridized carbons (Fsp3) is 0.250. The van der Waals surface area contributed by atoms with E-state index in [1.54, 1.807) is 6.92 Å². The van der Waals surface area contributed by atoms with Gasteiger partial charge in [-0.2, -0.15) is 0 Å². The minimum Gasteiger partial charge on any atom is -0.870 e. The van der Waals surface area contributed by atoms with Crippen LogP contribution in [0.3, 0.4) is 0 Å². The van der Waals surface area contributed by atoms with E-state index in [2.05, 4.69) is 19.8 Å². The van der Waals surface area contributed by atoms with Crippen LogP contribution in [-0.4, -0.2) is 23.0 Å². The molecule has 0 aromatic heterocycles. The summed E-state index contributed by atoms with van der Waals surface area (Å²) in [5.41, 5.74) is 0.343. The maximum atomic E-state index is 10.9. The molecule has 0 radical (unpaired) electrons. The van der Waals surface area contributed by atoms with Crippen molar-refractivity contribution in [1.29, 1.82) is 0 Å². The molecule has 0 aromatic rings. The first-order valence-corrected chi connectivity index (χ1v) is 3.42. The van der Waals surface area contributed by atoms with Crippen LogP contribution in [0.4, 0.5) is 0 Å². The van der Waals surface area contributed by atoms with Gasteiger partial charge in [0.25, 0.3) is 0 Å². The molecule has 0 aliphatic carbocycles. The van der Waals surface area contributed by atoms with Crippen molar-refractivity contribution in [3.8, 4) is 0 Å². The van der Waals surface area contributed by atoms with Crippen molar-refractivity contribution in [2.24, 2.45) is 0 Å². The number of hydrogen-bond acceptors (Lipinski definition) is 3. The third kappa shape index (κ3) is 4.21. The van der Waals surface area contributed by atoms with Crippen LogP contribution in [0.2, 0.25) is 0 Å². The molecule has 0 spiro atoms. The van der Waals surface area contributed by atoms with E-state index in [1.807, 2.05) is 0 Å². The van der Waals surface area contributed by atoms with Gasteiger partial charge >= 0.3 is 73.4 Å². The number of ether oxygens (including phenoxy) is 1. The van der Waals surface area contributed by atoms with E-state index >= 15 is 0 Å². The second-order valence-corrected chi connectivity index (χ2v) is 2.49. The van der Waals surface area contributed by atoms with E-state index in [0.717, 1.165) is 0 Å². The van der Waals surface area contributed by atoms with Crippen LogP contribution >= 0.6 is 0 Å². The molecule has 72 valence electrons. The summed E-state index contributed by atoms with van der Waals surface area (Å²) >= 11 is 4.48. The van der Waals surface area contributed by atoms with Crippen LogP contribution in [-0.2, 0) is 24.6 Å². The van der Waals surface area contributed by atoms with Gasteiger partial charge in [0.15, 0.2) is 0 Å². The van der Waals surface area contributed by atoms with Gasteiger partial charge in [0, 0.05) is 0 Å². The molecule has 0 saturated heterocycles. The molecular weight excluding hydrogens is 203 g/mol. The zero-order valence-electron chi connectivity index (χ0n) is 6.81. The van der Waals surface area contributed by atoms with Gasteiger partial charge in [-0.05, 0) is 0 Å². The zero-order chi connectivity index (χ0) is 8.85.